The fourth-order valence-electron chi connectivity index (χ4n) is 2.18. The van der Waals surface area contributed by atoms with Crippen molar-refractivity contribution in [2.75, 3.05) is 26.7 Å². The van der Waals surface area contributed by atoms with Crippen molar-refractivity contribution in [3.63, 3.8) is 0 Å². The molecule has 1 aliphatic rings. The van der Waals surface area contributed by atoms with E-state index in [1.54, 1.807) is 6.07 Å². The second-order valence-electron chi connectivity index (χ2n) is 4.77. The summed E-state index contributed by atoms with van der Waals surface area (Å²) in [6.45, 7) is 2.04. The van der Waals surface area contributed by atoms with Gasteiger partial charge in [0, 0.05) is 30.9 Å². The molecule has 0 saturated carbocycles. The van der Waals surface area contributed by atoms with Crippen molar-refractivity contribution in [1.82, 2.24) is 10.2 Å². The number of hydrogen-bond donors (Lipinski definition) is 3. The summed E-state index contributed by atoms with van der Waals surface area (Å²) >= 11 is 0. The van der Waals surface area contributed by atoms with Crippen LogP contribution < -0.4 is 11.1 Å². The molecule has 4 N–H and O–H groups in total. The average molecular weight is 276 g/mol. The molecule has 1 aromatic carbocycles. The molecule has 1 heterocycles. The van der Waals surface area contributed by atoms with Crippen LogP contribution in [0.4, 0.5) is 4.39 Å². The molecule has 0 aliphatic carbocycles. The maximum absolute atomic E-state index is 13.2. The number of likely N-dealkylation sites (N-methyl/N-ethyl adjacent to an activating group) is 1. The lowest BCUT2D eigenvalue weighted by molar-refractivity contribution is -0.114. The van der Waals surface area contributed by atoms with E-state index in [1.165, 1.54) is 18.2 Å². The first-order chi connectivity index (χ1) is 9.49. The van der Waals surface area contributed by atoms with Crippen molar-refractivity contribution in [3.05, 3.63) is 46.9 Å². The zero-order valence-electron chi connectivity index (χ0n) is 11.2. The Morgan fingerprint density at radius 1 is 1.50 bits per heavy atom. The molecule has 0 aromatic heterocycles. The number of nitrogens with one attached hydrogen (secondary N) is 2. The molecule has 0 spiro atoms. The van der Waals surface area contributed by atoms with Gasteiger partial charge in [-0.15, -0.1) is 0 Å². The summed E-state index contributed by atoms with van der Waals surface area (Å²) in [6.07, 6.45) is 0. The molecule has 20 heavy (non-hydrogen) atoms. The third-order valence-corrected chi connectivity index (χ3v) is 3.17. The molecule has 0 radical (unpaired) electrons. The monoisotopic (exact) mass is 276 g/mol. The highest BCUT2D eigenvalue weighted by atomic mass is 19.1. The van der Waals surface area contributed by atoms with Gasteiger partial charge in [-0.25, -0.2) is 4.39 Å². The second kappa shape index (κ2) is 5.83. The quantitative estimate of drug-likeness (QED) is 0.554. The van der Waals surface area contributed by atoms with Gasteiger partial charge >= 0.3 is 0 Å². The van der Waals surface area contributed by atoms with Crippen molar-refractivity contribution in [2.45, 2.75) is 0 Å². The van der Waals surface area contributed by atoms with E-state index in [-0.39, 0.29) is 11.3 Å². The van der Waals surface area contributed by atoms with Crippen LogP contribution in [0, 0.1) is 11.2 Å². The topological polar surface area (TPSA) is 82.2 Å². The van der Waals surface area contributed by atoms with Crippen LogP contribution in [0.3, 0.4) is 0 Å². The van der Waals surface area contributed by atoms with E-state index >= 15 is 0 Å². The third-order valence-electron chi connectivity index (χ3n) is 3.17. The summed E-state index contributed by atoms with van der Waals surface area (Å²) in [7, 11) is 1.92. The number of rotatable bonds is 3. The van der Waals surface area contributed by atoms with Crippen LogP contribution in [0.2, 0.25) is 0 Å². The van der Waals surface area contributed by atoms with E-state index < -0.39 is 11.7 Å². The molecule has 106 valence electrons. The number of piperazine rings is 1. The minimum absolute atomic E-state index is 0.0604. The molecule has 0 unspecified atom stereocenters. The van der Waals surface area contributed by atoms with E-state index in [0.29, 0.717) is 24.4 Å². The summed E-state index contributed by atoms with van der Waals surface area (Å²) in [5, 5.41) is 11.2. The van der Waals surface area contributed by atoms with Gasteiger partial charge in [0.25, 0.3) is 5.91 Å². The number of amides is 1. The molecule has 1 saturated heterocycles. The highest BCUT2D eigenvalue weighted by Gasteiger charge is 2.22. The second-order valence-corrected chi connectivity index (χ2v) is 4.77. The minimum Gasteiger partial charge on any atom is -0.385 e. The first-order valence-electron chi connectivity index (χ1n) is 6.29. The Morgan fingerprint density at radius 2 is 2.25 bits per heavy atom. The molecule has 0 bridgehead atoms. The van der Waals surface area contributed by atoms with Crippen LogP contribution >= 0.6 is 0 Å². The van der Waals surface area contributed by atoms with Gasteiger partial charge in [-0.2, -0.15) is 0 Å². The van der Waals surface area contributed by atoms with Crippen LogP contribution in [-0.2, 0) is 4.79 Å². The highest BCUT2D eigenvalue weighted by Crippen LogP contribution is 2.14. The van der Waals surface area contributed by atoms with Gasteiger partial charge in [0.2, 0.25) is 0 Å². The van der Waals surface area contributed by atoms with Gasteiger partial charge in [0.15, 0.2) is 0 Å². The van der Waals surface area contributed by atoms with Gasteiger partial charge in [0.1, 0.15) is 5.82 Å². The Balaban J connectivity index is 2.41. The number of benzene rings is 1. The number of hydrogen-bond acceptors (Lipinski definition) is 4. The highest BCUT2D eigenvalue weighted by molar-refractivity contribution is 6.26. The molecule has 2 rings (SSSR count). The molecule has 1 amide bonds. The summed E-state index contributed by atoms with van der Waals surface area (Å²) in [5.74, 6) is -1.13. The van der Waals surface area contributed by atoms with Gasteiger partial charge in [-0.1, -0.05) is 12.1 Å². The van der Waals surface area contributed by atoms with E-state index in [9.17, 15) is 9.18 Å². The fraction of sp³-hybridized carbons (Fsp3) is 0.286. The Morgan fingerprint density at radius 3 is 2.85 bits per heavy atom. The molecular formula is C14H17FN4O. The van der Waals surface area contributed by atoms with Crippen molar-refractivity contribution < 1.29 is 9.18 Å². The first-order valence-corrected chi connectivity index (χ1v) is 6.29. The molecule has 1 aromatic rings. The van der Waals surface area contributed by atoms with Crippen LogP contribution in [0.25, 0.3) is 0 Å². The summed E-state index contributed by atoms with van der Waals surface area (Å²) in [4.78, 5) is 13.7. The molecule has 5 nitrogen and oxygen atoms in total. The molecule has 6 heteroatoms. The standard InChI is InChI=1S/C14H17FN4O/c1-19-6-5-18-11(8-19)12(14(17)20)13(16)9-3-2-4-10(15)7-9/h2-4,7,16,18H,5-6,8H2,1H3,(H2,17,20)/b12-11+,16-13?. The Bertz CT molecular complexity index is 582. The third kappa shape index (κ3) is 3.03. The maximum atomic E-state index is 13.2. The number of halogens is 1. The zero-order chi connectivity index (χ0) is 14.7. The van der Waals surface area contributed by atoms with Crippen LogP contribution in [0.15, 0.2) is 35.5 Å². The SMILES string of the molecule is CN1CCN/C(=C(\C(=N)c2cccc(F)c2)C(N)=O)C1. The first kappa shape index (κ1) is 14.2. The molecule has 0 atom stereocenters. The Kier molecular flexibility index (Phi) is 4.14. The number of carbonyl (C=O) groups is 1. The predicted octanol–water partition coefficient (Wildman–Crippen LogP) is 0.468. The van der Waals surface area contributed by atoms with E-state index in [0.717, 1.165) is 6.54 Å². The summed E-state index contributed by atoms with van der Waals surface area (Å²) in [5.41, 5.74) is 6.40. The Labute approximate surface area is 116 Å². The van der Waals surface area contributed by atoms with Gasteiger partial charge in [0.05, 0.1) is 11.3 Å². The maximum Gasteiger partial charge on any atom is 0.252 e. The lowest BCUT2D eigenvalue weighted by Crippen LogP contribution is -2.42. The zero-order valence-corrected chi connectivity index (χ0v) is 11.2. The van der Waals surface area contributed by atoms with Gasteiger partial charge < -0.3 is 11.1 Å². The van der Waals surface area contributed by atoms with Crippen molar-refractivity contribution >= 4 is 11.6 Å². The normalized spacial score (nSPS) is 18.3. The smallest absolute Gasteiger partial charge is 0.252 e. The molecule has 1 aliphatic heterocycles. The number of primary amides is 1. The average Bonchev–Trinajstić information content (AvgIpc) is 2.38. The van der Waals surface area contributed by atoms with Crippen LogP contribution in [0.5, 0.6) is 0 Å². The number of nitrogens with zero attached hydrogens (tertiary/aromatic N) is 1. The summed E-state index contributed by atoms with van der Waals surface area (Å²) < 4.78 is 13.2. The molecular weight excluding hydrogens is 259 g/mol. The Hall–Kier alpha value is -2.21. The van der Waals surface area contributed by atoms with Crippen molar-refractivity contribution in [1.29, 1.82) is 5.41 Å². The minimum atomic E-state index is -0.683. The van der Waals surface area contributed by atoms with Crippen molar-refractivity contribution in [3.8, 4) is 0 Å². The van der Waals surface area contributed by atoms with E-state index in [1.807, 2.05) is 11.9 Å². The number of carbonyl (C=O) groups excluding carboxylic acids is 1. The summed E-state index contributed by atoms with van der Waals surface area (Å²) in [6, 6.07) is 5.60. The lowest BCUT2D eigenvalue weighted by Gasteiger charge is -2.28. The van der Waals surface area contributed by atoms with Crippen molar-refractivity contribution in [2.24, 2.45) is 5.73 Å². The van der Waals surface area contributed by atoms with Crippen LogP contribution in [-0.4, -0.2) is 43.2 Å². The van der Waals surface area contributed by atoms with E-state index in [4.69, 9.17) is 11.1 Å². The van der Waals surface area contributed by atoms with Gasteiger partial charge in [-0.3, -0.25) is 15.1 Å². The largest absolute Gasteiger partial charge is 0.385 e. The van der Waals surface area contributed by atoms with Crippen LogP contribution in [0.1, 0.15) is 5.56 Å². The molecule has 1 fully saturated rings. The fourth-order valence-corrected chi connectivity index (χ4v) is 2.18. The lowest BCUT2D eigenvalue weighted by atomic mass is 9.99. The predicted molar refractivity (Wildman–Crippen MR) is 74.9 cm³/mol. The number of nitrogens with two attached hydrogens (primary N) is 1. The van der Waals surface area contributed by atoms with E-state index in [2.05, 4.69) is 5.32 Å². The van der Waals surface area contributed by atoms with Gasteiger partial charge in [-0.05, 0) is 19.2 Å².